The zero-order valence-corrected chi connectivity index (χ0v) is 14.9. The summed E-state index contributed by atoms with van der Waals surface area (Å²) in [7, 11) is 0. The summed E-state index contributed by atoms with van der Waals surface area (Å²) in [6, 6.07) is 20.7. The molecule has 3 aromatic rings. The molecule has 134 valence electrons. The van der Waals surface area contributed by atoms with Gasteiger partial charge < -0.3 is 14.6 Å². The number of nitriles is 1. The average Bonchev–Trinajstić information content (AvgIpc) is 3.16. The normalized spacial score (nSPS) is 10.9. The number of para-hydroxylation sites is 1. The molecule has 1 heterocycles. The van der Waals surface area contributed by atoms with Crippen LogP contribution in [0.4, 0.5) is 5.69 Å². The molecule has 1 amide bonds. The Morgan fingerprint density at radius 2 is 2.00 bits per heavy atom. The summed E-state index contributed by atoms with van der Waals surface area (Å²) in [5, 5.41) is 12.1. The van der Waals surface area contributed by atoms with E-state index in [4.69, 9.17) is 4.74 Å². The number of carbonyl (C=O) groups is 1. The molecule has 0 unspecified atom stereocenters. The number of hydrogen-bond acceptors (Lipinski definition) is 3. The van der Waals surface area contributed by atoms with E-state index in [-0.39, 0.29) is 5.57 Å². The van der Waals surface area contributed by atoms with E-state index in [1.54, 1.807) is 24.3 Å². The van der Waals surface area contributed by atoms with Gasteiger partial charge in [-0.25, -0.2) is 0 Å². The maximum atomic E-state index is 12.4. The number of aromatic nitrogens is 1. The molecule has 0 fully saturated rings. The van der Waals surface area contributed by atoms with Gasteiger partial charge in [-0.15, -0.1) is 0 Å². The van der Waals surface area contributed by atoms with Gasteiger partial charge in [-0.05, 0) is 48.9 Å². The molecule has 0 radical (unpaired) electrons. The number of carbonyl (C=O) groups excluding carboxylic acids is 1. The van der Waals surface area contributed by atoms with Crippen LogP contribution in [0, 0.1) is 11.3 Å². The van der Waals surface area contributed by atoms with Crippen LogP contribution in [-0.2, 0) is 4.79 Å². The van der Waals surface area contributed by atoms with Crippen molar-refractivity contribution in [2.75, 3.05) is 11.9 Å². The molecule has 0 aliphatic heterocycles. The standard InChI is InChI=1S/C22H19N3O2/c1-2-27-21-10-6-7-19(14-21)24-22(26)18(15-23)13-17-11-12-25(16-17)20-8-4-3-5-9-20/h3-14,16H,2H2,1H3,(H,24,26)/b18-13+. The highest BCUT2D eigenvalue weighted by Crippen LogP contribution is 2.19. The van der Waals surface area contributed by atoms with Crippen LogP contribution in [-0.4, -0.2) is 17.1 Å². The Bertz CT molecular complexity index is 998. The lowest BCUT2D eigenvalue weighted by Gasteiger charge is -2.07. The van der Waals surface area contributed by atoms with Gasteiger partial charge in [0, 0.05) is 29.8 Å². The van der Waals surface area contributed by atoms with Gasteiger partial charge in [-0.3, -0.25) is 4.79 Å². The maximum absolute atomic E-state index is 12.4. The lowest BCUT2D eigenvalue weighted by molar-refractivity contribution is -0.112. The third-order valence-electron chi connectivity index (χ3n) is 3.85. The number of amides is 1. The van der Waals surface area contributed by atoms with Gasteiger partial charge in [0.15, 0.2) is 0 Å². The Balaban J connectivity index is 1.76. The van der Waals surface area contributed by atoms with E-state index in [9.17, 15) is 10.1 Å². The molecule has 0 aliphatic rings. The van der Waals surface area contributed by atoms with Gasteiger partial charge >= 0.3 is 0 Å². The van der Waals surface area contributed by atoms with Crippen LogP contribution in [0.5, 0.6) is 5.75 Å². The van der Waals surface area contributed by atoms with Crippen molar-refractivity contribution in [2.24, 2.45) is 0 Å². The molecule has 27 heavy (non-hydrogen) atoms. The van der Waals surface area contributed by atoms with Crippen LogP contribution < -0.4 is 10.1 Å². The molecule has 0 saturated carbocycles. The number of nitrogens with zero attached hydrogens (tertiary/aromatic N) is 2. The first-order valence-corrected chi connectivity index (χ1v) is 8.59. The van der Waals surface area contributed by atoms with Gasteiger partial charge in [0.2, 0.25) is 0 Å². The molecule has 1 aromatic heterocycles. The second-order valence-electron chi connectivity index (χ2n) is 5.77. The van der Waals surface area contributed by atoms with E-state index in [0.29, 0.717) is 18.0 Å². The summed E-state index contributed by atoms with van der Waals surface area (Å²) in [6.45, 7) is 2.43. The Morgan fingerprint density at radius 3 is 2.74 bits per heavy atom. The van der Waals surface area contributed by atoms with E-state index in [2.05, 4.69) is 5.32 Å². The minimum atomic E-state index is -0.460. The van der Waals surface area contributed by atoms with Crippen molar-refractivity contribution >= 4 is 17.7 Å². The Morgan fingerprint density at radius 1 is 1.19 bits per heavy atom. The minimum absolute atomic E-state index is 0.0302. The monoisotopic (exact) mass is 357 g/mol. The number of benzene rings is 2. The first kappa shape index (κ1) is 18.0. The molecule has 2 aromatic carbocycles. The molecule has 0 aliphatic carbocycles. The molecule has 0 bridgehead atoms. The van der Waals surface area contributed by atoms with Crippen molar-refractivity contribution in [3.8, 4) is 17.5 Å². The lowest BCUT2D eigenvalue weighted by atomic mass is 10.2. The Kier molecular flexibility index (Phi) is 5.70. The van der Waals surface area contributed by atoms with Gasteiger partial charge in [0.25, 0.3) is 5.91 Å². The summed E-state index contributed by atoms with van der Waals surface area (Å²) >= 11 is 0. The van der Waals surface area contributed by atoms with Crippen molar-refractivity contribution in [1.82, 2.24) is 4.57 Å². The van der Waals surface area contributed by atoms with E-state index in [1.807, 2.05) is 72.4 Å². The van der Waals surface area contributed by atoms with Gasteiger partial charge in [-0.1, -0.05) is 24.3 Å². The van der Waals surface area contributed by atoms with Crippen molar-refractivity contribution in [3.05, 3.63) is 84.2 Å². The highest BCUT2D eigenvalue weighted by molar-refractivity contribution is 6.09. The Hall–Kier alpha value is -3.78. The molecule has 0 spiro atoms. The zero-order valence-electron chi connectivity index (χ0n) is 14.9. The summed E-state index contributed by atoms with van der Waals surface area (Å²) in [5.74, 6) is 0.205. The quantitative estimate of drug-likeness (QED) is 0.524. The van der Waals surface area contributed by atoms with E-state index >= 15 is 0 Å². The van der Waals surface area contributed by atoms with Crippen molar-refractivity contribution < 1.29 is 9.53 Å². The fourth-order valence-corrected chi connectivity index (χ4v) is 2.60. The summed E-state index contributed by atoms with van der Waals surface area (Å²) in [6.07, 6.45) is 5.33. The Labute approximate surface area is 158 Å². The van der Waals surface area contributed by atoms with Crippen molar-refractivity contribution in [3.63, 3.8) is 0 Å². The lowest BCUT2D eigenvalue weighted by Crippen LogP contribution is -2.13. The first-order chi connectivity index (χ1) is 13.2. The van der Waals surface area contributed by atoms with Crippen LogP contribution >= 0.6 is 0 Å². The van der Waals surface area contributed by atoms with Crippen LogP contribution in [0.15, 0.2) is 78.6 Å². The highest BCUT2D eigenvalue weighted by atomic mass is 16.5. The minimum Gasteiger partial charge on any atom is -0.494 e. The number of nitrogens with one attached hydrogen (secondary N) is 1. The SMILES string of the molecule is CCOc1cccc(NC(=O)/C(C#N)=C/c2ccn(-c3ccccc3)c2)c1. The van der Waals surface area contributed by atoms with Crippen LogP contribution in [0.1, 0.15) is 12.5 Å². The smallest absolute Gasteiger partial charge is 0.266 e. The number of ether oxygens (including phenoxy) is 1. The molecular formula is C22H19N3O2. The van der Waals surface area contributed by atoms with Crippen LogP contribution in [0.25, 0.3) is 11.8 Å². The molecule has 5 nitrogen and oxygen atoms in total. The number of anilines is 1. The van der Waals surface area contributed by atoms with Crippen LogP contribution in [0.3, 0.4) is 0 Å². The van der Waals surface area contributed by atoms with Gasteiger partial charge in [0.1, 0.15) is 17.4 Å². The summed E-state index contributed by atoms with van der Waals surface area (Å²) in [5.41, 5.74) is 2.39. The number of rotatable bonds is 6. The first-order valence-electron chi connectivity index (χ1n) is 8.59. The molecule has 0 saturated heterocycles. The van der Waals surface area contributed by atoms with E-state index in [0.717, 1.165) is 11.3 Å². The van der Waals surface area contributed by atoms with Gasteiger partial charge in [0.05, 0.1) is 6.61 Å². The summed E-state index contributed by atoms with van der Waals surface area (Å²) in [4.78, 5) is 12.4. The average molecular weight is 357 g/mol. The molecule has 3 rings (SSSR count). The molecule has 1 N–H and O–H groups in total. The summed E-state index contributed by atoms with van der Waals surface area (Å²) < 4.78 is 7.36. The largest absolute Gasteiger partial charge is 0.494 e. The fourth-order valence-electron chi connectivity index (χ4n) is 2.60. The van der Waals surface area contributed by atoms with E-state index in [1.165, 1.54) is 0 Å². The third-order valence-corrected chi connectivity index (χ3v) is 3.85. The maximum Gasteiger partial charge on any atom is 0.266 e. The predicted octanol–water partition coefficient (Wildman–Crippen LogP) is 4.42. The fraction of sp³-hybridized carbons (Fsp3) is 0.0909. The predicted molar refractivity (Wildman–Crippen MR) is 106 cm³/mol. The van der Waals surface area contributed by atoms with Crippen molar-refractivity contribution in [2.45, 2.75) is 6.92 Å². The van der Waals surface area contributed by atoms with Crippen molar-refractivity contribution in [1.29, 1.82) is 5.26 Å². The van der Waals surface area contributed by atoms with Gasteiger partial charge in [-0.2, -0.15) is 5.26 Å². The van der Waals surface area contributed by atoms with Crippen LogP contribution in [0.2, 0.25) is 0 Å². The second-order valence-corrected chi connectivity index (χ2v) is 5.77. The molecule has 0 atom stereocenters. The molecule has 5 heteroatoms. The third kappa shape index (κ3) is 4.65. The topological polar surface area (TPSA) is 67.0 Å². The zero-order chi connectivity index (χ0) is 19.1. The number of hydrogen-bond donors (Lipinski definition) is 1. The second kappa shape index (κ2) is 8.54. The van der Waals surface area contributed by atoms with E-state index < -0.39 is 5.91 Å². The molecular weight excluding hydrogens is 338 g/mol. The highest BCUT2D eigenvalue weighted by Gasteiger charge is 2.10.